The lowest BCUT2D eigenvalue weighted by atomic mass is 10.1. The number of para-hydroxylation sites is 1. The quantitative estimate of drug-likeness (QED) is 0.762. The average molecular weight is 348 g/mol. The van der Waals surface area contributed by atoms with Crippen LogP contribution in [0.2, 0.25) is 0 Å². The summed E-state index contributed by atoms with van der Waals surface area (Å²) in [6.45, 7) is 3.16. The van der Waals surface area contributed by atoms with Crippen LogP contribution in [0.5, 0.6) is 0 Å². The molecule has 1 heterocycles. The molecule has 0 spiro atoms. The molecule has 2 N–H and O–H groups in total. The summed E-state index contributed by atoms with van der Waals surface area (Å²) in [6, 6.07) is 17.3. The lowest BCUT2D eigenvalue weighted by Crippen LogP contribution is -2.83. The molecule has 102 valence electrons. The second-order valence-corrected chi connectivity index (χ2v) is 6.89. The SMILES string of the molecule is C[C@@H]([NH2+]Cc1nc2ccccc2s1)c1ccc(Br)cc1. The third kappa shape index (κ3) is 3.08. The van der Waals surface area contributed by atoms with Gasteiger partial charge in [-0.25, -0.2) is 4.98 Å². The summed E-state index contributed by atoms with van der Waals surface area (Å²) >= 11 is 5.26. The van der Waals surface area contributed by atoms with Gasteiger partial charge in [0.05, 0.1) is 10.2 Å². The average Bonchev–Trinajstić information content (AvgIpc) is 2.88. The Morgan fingerprint density at radius 2 is 1.90 bits per heavy atom. The number of hydrogen-bond donors (Lipinski definition) is 1. The van der Waals surface area contributed by atoms with E-state index in [9.17, 15) is 0 Å². The first-order valence-corrected chi connectivity index (χ1v) is 8.26. The van der Waals surface area contributed by atoms with Gasteiger partial charge in [0.15, 0.2) is 0 Å². The Hall–Kier alpha value is -1.23. The monoisotopic (exact) mass is 347 g/mol. The largest absolute Gasteiger partial charge is 0.335 e. The van der Waals surface area contributed by atoms with Crippen LogP contribution in [0.4, 0.5) is 0 Å². The summed E-state index contributed by atoms with van der Waals surface area (Å²) in [5.41, 5.74) is 2.45. The molecule has 3 aromatic rings. The predicted octanol–water partition coefficient (Wildman–Crippen LogP) is 3.88. The van der Waals surface area contributed by atoms with E-state index in [0.29, 0.717) is 6.04 Å². The van der Waals surface area contributed by atoms with Gasteiger partial charge >= 0.3 is 0 Å². The van der Waals surface area contributed by atoms with Crippen molar-refractivity contribution in [2.75, 3.05) is 0 Å². The normalized spacial score (nSPS) is 12.7. The number of nitrogens with two attached hydrogens (primary N) is 1. The lowest BCUT2D eigenvalue weighted by molar-refractivity contribution is -0.707. The highest BCUT2D eigenvalue weighted by Gasteiger charge is 2.10. The molecule has 0 aliphatic carbocycles. The Bertz CT molecular complexity index is 673. The van der Waals surface area contributed by atoms with Crippen molar-refractivity contribution in [3.63, 3.8) is 0 Å². The zero-order valence-corrected chi connectivity index (χ0v) is 13.6. The lowest BCUT2D eigenvalue weighted by Gasteiger charge is -2.09. The van der Waals surface area contributed by atoms with Crippen LogP contribution in [0.1, 0.15) is 23.5 Å². The van der Waals surface area contributed by atoms with Crippen LogP contribution in [0.25, 0.3) is 10.2 Å². The minimum Gasteiger partial charge on any atom is -0.335 e. The molecule has 20 heavy (non-hydrogen) atoms. The topological polar surface area (TPSA) is 29.5 Å². The third-order valence-electron chi connectivity index (χ3n) is 3.38. The van der Waals surface area contributed by atoms with Crippen molar-refractivity contribution in [1.29, 1.82) is 0 Å². The summed E-state index contributed by atoms with van der Waals surface area (Å²) in [6.07, 6.45) is 0. The molecule has 2 aromatic carbocycles. The van der Waals surface area contributed by atoms with Gasteiger partial charge in [0, 0.05) is 10.0 Å². The zero-order chi connectivity index (χ0) is 13.9. The van der Waals surface area contributed by atoms with Crippen LogP contribution in [-0.4, -0.2) is 4.98 Å². The maximum atomic E-state index is 4.67. The molecule has 1 atom stereocenters. The number of hydrogen-bond acceptors (Lipinski definition) is 2. The van der Waals surface area contributed by atoms with Crippen molar-refractivity contribution in [1.82, 2.24) is 4.98 Å². The van der Waals surface area contributed by atoms with Gasteiger partial charge in [0.25, 0.3) is 0 Å². The number of rotatable bonds is 4. The van der Waals surface area contributed by atoms with Gasteiger partial charge in [-0.15, -0.1) is 11.3 Å². The van der Waals surface area contributed by atoms with Gasteiger partial charge in [-0.1, -0.05) is 40.2 Å². The van der Waals surface area contributed by atoms with Crippen molar-refractivity contribution < 1.29 is 5.32 Å². The third-order valence-corrected chi connectivity index (χ3v) is 4.97. The van der Waals surface area contributed by atoms with Crippen LogP contribution < -0.4 is 5.32 Å². The second-order valence-electron chi connectivity index (χ2n) is 4.86. The highest BCUT2D eigenvalue weighted by molar-refractivity contribution is 9.10. The van der Waals surface area contributed by atoms with Crippen molar-refractivity contribution in [2.45, 2.75) is 19.5 Å². The summed E-state index contributed by atoms with van der Waals surface area (Å²) in [7, 11) is 0. The number of aromatic nitrogens is 1. The first-order chi connectivity index (χ1) is 9.72. The van der Waals surface area contributed by atoms with E-state index < -0.39 is 0 Å². The summed E-state index contributed by atoms with van der Waals surface area (Å²) in [5, 5.41) is 3.52. The summed E-state index contributed by atoms with van der Waals surface area (Å²) in [4.78, 5) is 4.67. The molecule has 0 aliphatic rings. The number of halogens is 1. The number of thiazole rings is 1. The van der Waals surface area contributed by atoms with Gasteiger partial charge in [-0.05, 0) is 31.2 Å². The number of benzene rings is 2. The fourth-order valence-electron chi connectivity index (χ4n) is 2.19. The Kier molecular flexibility index (Phi) is 4.15. The summed E-state index contributed by atoms with van der Waals surface area (Å²) in [5.74, 6) is 0. The van der Waals surface area contributed by atoms with Crippen molar-refractivity contribution in [3.05, 3.63) is 63.6 Å². The molecule has 0 radical (unpaired) electrons. The zero-order valence-electron chi connectivity index (χ0n) is 11.2. The molecule has 0 saturated heterocycles. The van der Waals surface area contributed by atoms with Gasteiger partial charge < -0.3 is 5.32 Å². The number of fused-ring (bicyclic) bond motifs is 1. The van der Waals surface area contributed by atoms with Crippen molar-refractivity contribution in [3.8, 4) is 0 Å². The highest BCUT2D eigenvalue weighted by atomic mass is 79.9. The van der Waals surface area contributed by atoms with E-state index in [2.05, 4.69) is 75.6 Å². The molecule has 4 heteroatoms. The standard InChI is InChI=1S/C16H15BrN2S/c1-11(12-6-8-13(17)9-7-12)18-10-16-19-14-4-2-3-5-15(14)20-16/h2-9,11,18H,10H2,1H3/p+1/t11-/m1/s1. The van der Waals surface area contributed by atoms with E-state index in [1.807, 2.05) is 6.07 Å². The second kappa shape index (κ2) is 6.04. The van der Waals surface area contributed by atoms with Crippen LogP contribution in [-0.2, 0) is 6.54 Å². The first kappa shape index (κ1) is 13.7. The van der Waals surface area contributed by atoms with Crippen molar-refractivity contribution in [2.24, 2.45) is 0 Å². The Balaban J connectivity index is 1.68. The molecule has 0 unspecified atom stereocenters. The first-order valence-electron chi connectivity index (χ1n) is 6.65. The number of quaternary nitrogens is 1. The van der Waals surface area contributed by atoms with E-state index in [4.69, 9.17) is 0 Å². The molecular weight excluding hydrogens is 332 g/mol. The van der Waals surface area contributed by atoms with Gasteiger partial charge in [0.1, 0.15) is 17.6 Å². The van der Waals surface area contributed by atoms with E-state index in [1.54, 1.807) is 11.3 Å². The van der Waals surface area contributed by atoms with Crippen LogP contribution in [0, 0.1) is 0 Å². The van der Waals surface area contributed by atoms with Crippen LogP contribution in [0.3, 0.4) is 0 Å². The summed E-state index contributed by atoms with van der Waals surface area (Å²) < 4.78 is 2.40. The minimum absolute atomic E-state index is 0.440. The van der Waals surface area contributed by atoms with Crippen LogP contribution >= 0.6 is 27.3 Å². The van der Waals surface area contributed by atoms with E-state index in [-0.39, 0.29) is 0 Å². The highest BCUT2D eigenvalue weighted by Crippen LogP contribution is 2.21. The van der Waals surface area contributed by atoms with Gasteiger partial charge in [-0.3, -0.25) is 0 Å². The molecule has 0 fully saturated rings. The van der Waals surface area contributed by atoms with E-state index in [1.165, 1.54) is 15.3 Å². The maximum Gasteiger partial charge on any atom is 0.148 e. The molecule has 3 rings (SSSR count). The van der Waals surface area contributed by atoms with Gasteiger partial charge in [-0.2, -0.15) is 0 Å². The molecular formula is C16H16BrN2S+. The van der Waals surface area contributed by atoms with Crippen LogP contribution in [0.15, 0.2) is 53.0 Å². The molecule has 2 nitrogen and oxygen atoms in total. The predicted molar refractivity (Wildman–Crippen MR) is 87.8 cm³/mol. The Labute approximate surface area is 131 Å². The fraction of sp³-hybridized carbons (Fsp3) is 0.188. The van der Waals surface area contributed by atoms with Gasteiger partial charge in [0.2, 0.25) is 0 Å². The molecule has 0 saturated carbocycles. The number of nitrogens with zero attached hydrogens (tertiary/aromatic N) is 1. The Morgan fingerprint density at radius 1 is 1.15 bits per heavy atom. The smallest absolute Gasteiger partial charge is 0.148 e. The molecule has 0 aliphatic heterocycles. The Morgan fingerprint density at radius 3 is 2.65 bits per heavy atom. The molecule has 0 bridgehead atoms. The fourth-order valence-corrected chi connectivity index (χ4v) is 3.39. The van der Waals surface area contributed by atoms with E-state index in [0.717, 1.165) is 16.5 Å². The minimum atomic E-state index is 0.440. The molecule has 0 amide bonds. The molecule has 1 aromatic heterocycles. The van der Waals surface area contributed by atoms with Crippen molar-refractivity contribution >= 4 is 37.5 Å². The van der Waals surface area contributed by atoms with E-state index >= 15 is 0 Å². The maximum absolute atomic E-state index is 4.67.